The number of carbonyl (C=O) groups excluding carboxylic acids is 2. The second kappa shape index (κ2) is 22.7. The van der Waals surface area contributed by atoms with Crippen molar-refractivity contribution in [1.29, 1.82) is 5.26 Å². The molecule has 19 nitrogen and oxygen atoms in total. The zero-order valence-corrected chi connectivity index (χ0v) is 35.9. The average Bonchev–Trinajstić information content (AvgIpc) is 3.92. The molecule has 4 aromatic carbocycles. The number of rotatable bonds is 17. The first-order valence-electron chi connectivity index (χ1n) is 17.5. The van der Waals surface area contributed by atoms with E-state index in [1.165, 1.54) is 66.2 Å². The topological polar surface area (TPSA) is 259 Å². The van der Waals surface area contributed by atoms with Crippen LogP contribution < -0.4 is 50.1 Å². The van der Waals surface area contributed by atoms with Crippen molar-refractivity contribution in [2.45, 2.75) is 21.8 Å². The van der Waals surface area contributed by atoms with E-state index in [2.05, 4.69) is 46.3 Å². The minimum Gasteiger partial charge on any atom is -0.493 e. The van der Waals surface area contributed by atoms with Gasteiger partial charge in [0.25, 0.3) is 11.8 Å². The van der Waals surface area contributed by atoms with Gasteiger partial charge in [-0.25, -0.2) is 10.2 Å². The van der Waals surface area contributed by atoms with Crippen molar-refractivity contribution >= 4 is 58.6 Å². The van der Waals surface area contributed by atoms with Gasteiger partial charge >= 0.3 is 0 Å². The first kappa shape index (κ1) is 46.4. The first-order valence-corrected chi connectivity index (χ1v) is 19.5. The highest BCUT2D eigenvalue weighted by atomic mass is 32.2. The van der Waals surface area contributed by atoms with Crippen LogP contribution in [-0.2, 0) is 11.5 Å². The smallest absolute Gasteiger partial charge is 0.255 e. The van der Waals surface area contributed by atoms with Gasteiger partial charge in [0.05, 0.1) is 42.7 Å². The fourth-order valence-electron chi connectivity index (χ4n) is 5.36. The molecule has 61 heavy (non-hydrogen) atoms. The Balaban J connectivity index is 0.000000265. The van der Waals surface area contributed by atoms with Crippen LogP contribution in [0.1, 0.15) is 31.8 Å². The summed E-state index contributed by atoms with van der Waals surface area (Å²) in [7, 11) is 9.10. The van der Waals surface area contributed by atoms with Gasteiger partial charge in [0.2, 0.25) is 33.7 Å². The highest BCUT2D eigenvalue weighted by Gasteiger charge is 2.17. The molecule has 6 aromatic rings. The normalized spacial score (nSPS) is 10.1. The summed E-state index contributed by atoms with van der Waals surface area (Å²) in [4.78, 5) is 33.7. The lowest BCUT2D eigenvalue weighted by Gasteiger charge is -2.14. The zero-order valence-electron chi connectivity index (χ0n) is 34.2. The molecule has 0 aliphatic heterocycles. The lowest BCUT2D eigenvalue weighted by Crippen LogP contribution is -2.12. The van der Waals surface area contributed by atoms with Crippen molar-refractivity contribution in [2.24, 2.45) is 0 Å². The lowest BCUT2D eigenvalue weighted by atomic mass is 10.1. The number of nitriles is 1. The van der Waals surface area contributed by atoms with Crippen LogP contribution in [0.5, 0.6) is 34.5 Å². The Kier molecular flexibility index (Phi) is 17.3. The van der Waals surface area contributed by atoms with E-state index in [0.717, 1.165) is 11.1 Å². The Bertz CT molecular complexity index is 2410. The van der Waals surface area contributed by atoms with Crippen LogP contribution in [0.3, 0.4) is 0 Å². The Morgan fingerprint density at radius 2 is 1.08 bits per heavy atom. The summed E-state index contributed by atoms with van der Waals surface area (Å²) < 4.78 is 31.9. The molecule has 2 aromatic heterocycles. The van der Waals surface area contributed by atoms with Crippen molar-refractivity contribution in [2.75, 3.05) is 64.3 Å². The third kappa shape index (κ3) is 12.6. The lowest BCUT2D eigenvalue weighted by molar-refractivity contribution is 0.101. The number of aromatic amines is 2. The summed E-state index contributed by atoms with van der Waals surface area (Å²) in [6.45, 7) is 0. The fraction of sp³-hybridized carbons (Fsp3) is 0.200. The molecule has 0 aliphatic carbocycles. The molecule has 0 atom stereocenters. The molecule has 0 saturated carbocycles. The summed E-state index contributed by atoms with van der Waals surface area (Å²) in [6.07, 6.45) is 1.77. The van der Waals surface area contributed by atoms with Crippen LogP contribution in [0, 0.1) is 18.9 Å². The quantitative estimate of drug-likeness (QED) is 0.0242. The number of hydrogen-bond acceptors (Lipinski definition) is 17. The number of methoxy groups -OCH3 is 6. The number of nitrogens with zero attached hydrogens (tertiary/aromatic N) is 5. The second-order valence-electron chi connectivity index (χ2n) is 11.9. The van der Waals surface area contributed by atoms with E-state index in [1.54, 1.807) is 54.7 Å². The van der Waals surface area contributed by atoms with Gasteiger partial charge in [0, 0.05) is 58.3 Å². The number of nitrogens with two attached hydrogens (primary N) is 1. The number of amides is 2. The van der Waals surface area contributed by atoms with Gasteiger partial charge in [-0.15, -0.1) is 10.2 Å². The van der Waals surface area contributed by atoms with E-state index in [4.69, 9.17) is 39.4 Å². The molecule has 21 heteroatoms. The number of anilines is 4. The summed E-state index contributed by atoms with van der Waals surface area (Å²) >= 11 is 2.80. The zero-order chi connectivity index (χ0) is 43.0. The largest absolute Gasteiger partial charge is 0.493 e. The molecule has 0 fully saturated rings. The van der Waals surface area contributed by atoms with Crippen LogP contribution in [0.2, 0.25) is 0 Å². The Hall–Kier alpha value is -7.31. The maximum Gasteiger partial charge on any atom is 0.255 e. The first-order chi connectivity index (χ1) is 29.1. The molecule has 2 amide bonds. The summed E-state index contributed by atoms with van der Waals surface area (Å²) in [5.74, 6) is 3.87. The van der Waals surface area contributed by atoms with Crippen LogP contribution in [0.4, 0.5) is 23.3 Å². The third-order valence-corrected chi connectivity index (χ3v) is 9.92. The van der Waals surface area contributed by atoms with E-state index in [1.807, 2.05) is 24.3 Å². The van der Waals surface area contributed by atoms with Crippen molar-refractivity contribution in [3.63, 3.8) is 0 Å². The highest BCUT2D eigenvalue weighted by Crippen LogP contribution is 2.41. The van der Waals surface area contributed by atoms with Gasteiger partial charge in [0.15, 0.2) is 29.2 Å². The van der Waals surface area contributed by atoms with Crippen molar-refractivity contribution in [1.82, 2.24) is 30.4 Å². The van der Waals surface area contributed by atoms with Crippen LogP contribution in [0.15, 0.2) is 83.1 Å². The second-order valence-corrected chi connectivity index (χ2v) is 13.8. The van der Waals surface area contributed by atoms with Gasteiger partial charge in [-0.2, -0.15) is 15.2 Å². The number of ether oxygens (including phenoxy) is 6. The molecule has 320 valence electrons. The molecule has 7 N–H and O–H groups in total. The van der Waals surface area contributed by atoms with Crippen LogP contribution >= 0.6 is 23.5 Å². The van der Waals surface area contributed by atoms with Crippen molar-refractivity contribution in [3.8, 4) is 40.7 Å². The Morgan fingerprint density at radius 1 is 0.656 bits per heavy atom. The van der Waals surface area contributed by atoms with Crippen LogP contribution in [0.25, 0.3) is 0 Å². The number of hydrogen-bond donors (Lipinski definition) is 6. The maximum absolute atomic E-state index is 12.8. The predicted molar refractivity (Wildman–Crippen MR) is 233 cm³/mol. The Morgan fingerprint density at radius 3 is 1.46 bits per heavy atom. The van der Waals surface area contributed by atoms with Crippen molar-refractivity contribution in [3.05, 3.63) is 102 Å². The number of thioether (sulfide) groups is 2. The predicted octanol–water partition coefficient (Wildman–Crippen LogP) is 6.68. The molecule has 0 radical (unpaired) electrons. The Labute approximate surface area is 360 Å². The van der Waals surface area contributed by atoms with Gasteiger partial charge in [-0.05, 0) is 35.4 Å². The molecular weight excluding hydrogens is 827 g/mol. The minimum atomic E-state index is -0.278. The SMILES string of the molecule is COc1cc(NC(=O)c2cccc(CSc3n[nH]c(N)n3)c2)cc(OC)c1OC.COc1cc(NC(=O)c2cccc(CSc3n[nH]c(NC#N)n3)c2)cc(OC)c1OC.[CH3-]. The standard InChI is InChI=1S/C20H20N6O4S.C19H21N5O4S.CH3/c1-28-15-8-14(9-16(29-2)17(15)30-3)23-18(27)13-6-4-5-12(7-13)10-31-20-24-19(22-11-21)25-26-20;1-26-14-8-13(9-15(27-2)16(14)28-3)21-17(25)12-6-4-5-11(7-12)10-29-19-22-18(20)23-24-19;/h4-9H,10H2,1-3H3,(H,23,27)(H2,22,24,25,26);4-9H,10H2,1-3H3,(H,21,25)(H3,20,22,23,24);1H3/q;;-1. The van der Waals surface area contributed by atoms with Gasteiger partial charge in [0.1, 0.15) is 0 Å². The number of aromatic nitrogens is 6. The van der Waals surface area contributed by atoms with E-state index in [-0.39, 0.29) is 31.1 Å². The summed E-state index contributed by atoms with van der Waals surface area (Å²) in [6, 6.07) is 21.2. The molecule has 0 saturated heterocycles. The van der Waals surface area contributed by atoms with Gasteiger partial charge in [-0.1, -0.05) is 47.8 Å². The third-order valence-electron chi connectivity index (χ3n) is 8.08. The molecule has 6 rings (SSSR count). The number of H-pyrrole nitrogens is 2. The average molecular weight is 871 g/mol. The van der Waals surface area contributed by atoms with Gasteiger partial charge < -0.3 is 52.2 Å². The van der Waals surface area contributed by atoms with Crippen LogP contribution in [-0.4, -0.2) is 84.8 Å². The summed E-state index contributed by atoms with van der Waals surface area (Å²) in [5.41, 5.74) is 9.45. The molecule has 0 aliphatic rings. The number of carbonyl (C=O) groups is 2. The maximum atomic E-state index is 12.8. The molecular formula is C40H44N11O8S2-. The molecule has 0 bridgehead atoms. The number of nitrogens with one attached hydrogen (secondary N) is 5. The molecule has 2 heterocycles. The van der Waals surface area contributed by atoms with Gasteiger partial charge in [-0.3, -0.25) is 14.9 Å². The summed E-state index contributed by atoms with van der Waals surface area (Å²) in [5, 5.41) is 30.9. The van der Waals surface area contributed by atoms with E-state index in [0.29, 0.717) is 78.8 Å². The molecule has 0 unspecified atom stereocenters. The minimum absolute atomic E-state index is 0. The highest BCUT2D eigenvalue weighted by molar-refractivity contribution is 7.98. The van der Waals surface area contributed by atoms with E-state index in [9.17, 15) is 9.59 Å². The van der Waals surface area contributed by atoms with E-state index < -0.39 is 0 Å². The van der Waals surface area contributed by atoms with E-state index >= 15 is 0 Å². The monoisotopic (exact) mass is 870 g/mol. The molecule has 0 spiro atoms. The fourth-order valence-corrected chi connectivity index (χ4v) is 6.85. The number of benzene rings is 4. The number of nitrogen functional groups attached to an aromatic ring is 1. The van der Waals surface area contributed by atoms with Crippen molar-refractivity contribution < 1.29 is 38.0 Å².